The number of rotatable bonds is 2. The summed E-state index contributed by atoms with van der Waals surface area (Å²) in [5, 5.41) is 3.16. The Bertz CT molecular complexity index is 593. The van der Waals surface area contributed by atoms with Crippen molar-refractivity contribution in [3.63, 3.8) is 0 Å². The molecule has 18 heavy (non-hydrogen) atoms. The van der Waals surface area contributed by atoms with Crippen LogP contribution in [0.5, 0.6) is 0 Å². The molecule has 5 nitrogen and oxygen atoms in total. The van der Waals surface area contributed by atoms with Gasteiger partial charge in [0.05, 0.1) is 11.4 Å². The number of anilines is 1. The standard InChI is InChI=1S/C13H16N4O/c14-11-12(9-3-1-2-4-9)16-17(13(11)18)10-5-7-15-8-6-10/h5-9,16H,1-4,14H2. The monoisotopic (exact) mass is 244 g/mol. The Morgan fingerprint density at radius 3 is 2.61 bits per heavy atom. The first-order valence-corrected chi connectivity index (χ1v) is 6.28. The van der Waals surface area contributed by atoms with E-state index in [9.17, 15) is 4.79 Å². The van der Waals surface area contributed by atoms with Gasteiger partial charge in [-0.05, 0) is 25.0 Å². The topological polar surface area (TPSA) is 76.7 Å². The number of hydrogen-bond donors (Lipinski definition) is 2. The van der Waals surface area contributed by atoms with E-state index in [-0.39, 0.29) is 5.56 Å². The molecule has 5 heteroatoms. The molecule has 2 aromatic heterocycles. The van der Waals surface area contributed by atoms with E-state index in [0.717, 1.165) is 24.2 Å². The van der Waals surface area contributed by atoms with Crippen LogP contribution in [0.1, 0.15) is 37.3 Å². The first-order valence-electron chi connectivity index (χ1n) is 6.28. The molecule has 3 rings (SSSR count). The van der Waals surface area contributed by atoms with Gasteiger partial charge in [-0.25, -0.2) is 4.68 Å². The number of nitrogen functional groups attached to an aromatic ring is 1. The lowest BCUT2D eigenvalue weighted by atomic mass is 10.0. The molecule has 2 heterocycles. The summed E-state index contributed by atoms with van der Waals surface area (Å²) in [4.78, 5) is 16.1. The number of hydrogen-bond acceptors (Lipinski definition) is 3. The second kappa shape index (κ2) is 4.33. The van der Waals surface area contributed by atoms with E-state index in [1.165, 1.54) is 17.5 Å². The van der Waals surface area contributed by atoms with E-state index in [4.69, 9.17) is 5.73 Å². The number of aromatic nitrogens is 3. The lowest BCUT2D eigenvalue weighted by Crippen LogP contribution is -2.16. The summed E-state index contributed by atoms with van der Waals surface area (Å²) in [5.74, 6) is 0.404. The van der Waals surface area contributed by atoms with Gasteiger partial charge in [0.1, 0.15) is 5.69 Å². The van der Waals surface area contributed by atoms with Crippen molar-refractivity contribution < 1.29 is 0 Å². The van der Waals surface area contributed by atoms with Crippen molar-refractivity contribution in [2.75, 3.05) is 5.73 Å². The molecule has 94 valence electrons. The molecule has 2 aromatic rings. The molecular weight excluding hydrogens is 228 g/mol. The SMILES string of the molecule is Nc1c(C2CCCC2)[nH]n(-c2ccncc2)c1=O. The number of aromatic amines is 1. The van der Waals surface area contributed by atoms with E-state index in [0.29, 0.717) is 11.6 Å². The van der Waals surface area contributed by atoms with Crippen LogP contribution in [0.4, 0.5) is 5.69 Å². The molecule has 0 spiro atoms. The zero-order chi connectivity index (χ0) is 12.5. The third-order valence-corrected chi connectivity index (χ3v) is 3.64. The first kappa shape index (κ1) is 11.1. The minimum absolute atomic E-state index is 0.164. The fraction of sp³-hybridized carbons (Fsp3) is 0.385. The fourth-order valence-electron chi connectivity index (χ4n) is 2.67. The molecular formula is C13H16N4O. The average molecular weight is 244 g/mol. The van der Waals surface area contributed by atoms with Crippen molar-refractivity contribution in [3.05, 3.63) is 40.6 Å². The van der Waals surface area contributed by atoms with Crippen LogP contribution in [0.3, 0.4) is 0 Å². The highest BCUT2D eigenvalue weighted by Crippen LogP contribution is 2.34. The third kappa shape index (κ3) is 1.72. The second-order valence-electron chi connectivity index (χ2n) is 4.77. The zero-order valence-electron chi connectivity index (χ0n) is 10.1. The van der Waals surface area contributed by atoms with Gasteiger partial charge in [0, 0.05) is 18.3 Å². The molecule has 0 saturated heterocycles. The summed E-state index contributed by atoms with van der Waals surface area (Å²) < 4.78 is 1.50. The number of nitrogens with two attached hydrogens (primary N) is 1. The molecule has 1 saturated carbocycles. The summed E-state index contributed by atoms with van der Waals surface area (Å²) in [6, 6.07) is 3.57. The van der Waals surface area contributed by atoms with Crippen molar-refractivity contribution in [2.45, 2.75) is 31.6 Å². The molecule has 0 aliphatic heterocycles. The van der Waals surface area contributed by atoms with Gasteiger partial charge in [-0.3, -0.25) is 14.9 Å². The van der Waals surface area contributed by atoms with Gasteiger partial charge in [-0.2, -0.15) is 0 Å². The van der Waals surface area contributed by atoms with E-state index in [2.05, 4.69) is 10.1 Å². The zero-order valence-corrected chi connectivity index (χ0v) is 10.1. The summed E-state index contributed by atoms with van der Waals surface area (Å²) in [6.45, 7) is 0. The molecule has 0 amide bonds. The normalized spacial score (nSPS) is 16.2. The summed E-state index contributed by atoms with van der Waals surface area (Å²) in [6.07, 6.45) is 7.97. The number of nitrogens with zero attached hydrogens (tertiary/aromatic N) is 2. The molecule has 3 N–H and O–H groups in total. The van der Waals surface area contributed by atoms with Gasteiger partial charge in [-0.15, -0.1) is 0 Å². The minimum atomic E-state index is -0.164. The Morgan fingerprint density at radius 2 is 1.94 bits per heavy atom. The van der Waals surface area contributed by atoms with E-state index in [1.54, 1.807) is 24.5 Å². The van der Waals surface area contributed by atoms with Crippen molar-refractivity contribution in [1.29, 1.82) is 0 Å². The summed E-state index contributed by atoms with van der Waals surface area (Å²) in [7, 11) is 0. The van der Waals surface area contributed by atoms with E-state index < -0.39 is 0 Å². The van der Waals surface area contributed by atoms with Gasteiger partial charge in [0.25, 0.3) is 5.56 Å². The lowest BCUT2D eigenvalue weighted by Gasteiger charge is -2.07. The average Bonchev–Trinajstić information content (AvgIpc) is 3.01. The maximum absolute atomic E-state index is 12.1. The van der Waals surface area contributed by atoms with Gasteiger partial charge in [0.15, 0.2) is 0 Å². The Labute approximate surface area is 105 Å². The lowest BCUT2D eigenvalue weighted by molar-refractivity contribution is 0.678. The van der Waals surface area contributed by atoms with Crippen molar-refractivity contribution in [2.24, 2.45) is 0 Å². The van der Waals surface area contributed by atoms with Crippen molar-refractivity contribution in [3.8, 4) is 5.69 Å². The maximum atomic E-state index is 12.1. The van der Waals surface area contributed by atoms with Gasteiger partial charge < -0.3 is 5.73 Å². The Kier molecular flexibility index (Phi) is 2.66. The van der Waals surface area contributed by atoms with E-state index in [1.807, 2.05) is 0 Å². The van der Waals surface area contributed by atoms with Gasteiger partial charge in [0.2, 0.25) is 0 Å². The second-order valence-corrected chi connectivity index (χ2v) is 4.77. The predicted octanol–water partition coefficient (Wildman–Crippen LogP) is 1.80. The fourth-order valence-corrected chi connectivity index (χ4v) is 2.67. The van der Waals surface area contributed by atoms with Crippen LogP contribution in [0.2, 0.25) is 0 Å². The maximum Gasteiger partial charge on any atom is 0.294 e. The largest absolute Gasteiger partial charge is 0.393 e. The Balaban J connectivity index is 2.07. The molecule has 1 aliphatic carbocycles. The molecule has 1 aliphatic rings. The quantitative estimate of drug-likeness (QED) is 0.845. The predicted molar refractivity (Wildman–Crippen MR) is 69.8 cm³/mol. The molecule has 0 aromatic carbocycles. The number of nitrogens with one attached hydrogen (secondary N) is 1. The highest BCUT2D eigenvalue weighted by Gasteiger charge is 2.23. The molecule has 0 unspecified atom stereocenters. The van der Waals surface area contributed by atoms with E-state index >= 15 is 0 Å². The van der Waals surface area contributed by atoms with Crippen LogP contribution >= 0.6 is 0 Å². The molecule has 0 radical (unpaired) electrons. The number of H-pyrrole nitrogens is 1. The number of pyridine rings is 1. The Morgan fingerprint density at radius 1 is 1.28 bits per heavy atom. The summed E-state index contributed by atoms with van der Waals surface area (Å²) in [5.41, 5.74) is 7.80. The van der Waals surface area contributed by atoms with Crippen LogP contribution in [0, 0.1) is 0 Å². The smallest absolute Gasteiger partial charge is 0.294 e. The molecule has 0 bridgehead atoms. The first-order chi connectivity index (χ1) is 8.77. The molecule has 0 atom stereocenters. The van der Waals surface area contributed by atoms with Gasteiger partial charge >= 0.3 is 0 Å². The van der Waals surface area contributed by atoms with Gasteiger partial charge in [-0.1, -0.05) is 12.8 Å². The van der Waals surface area contributed by atoms with Crippen LogP contribution < -0.4 is 11.3 Å². The Hall–Kier alpha value is -2.04. The van der Waals surface area contributed by atoms with Crippen LogP contribution in [0.25, 0.3) is 5.69 Å². The highest BCUT2D eigenvalue weighted by atomic mass is 16.1. The summed E-state index contributed by atoms with van der Waals surface area (Å²) >= 11 is 0. The van der Waals surface area contributed by atoms with Crippen LogP contribution in [-0.4, -0.2) is 14.8 Å². The van der Waals surface area contributed by atoms with Crippen molar-refractivity contribution >= 4 is 5.69 Å². The van der Waals surface area contributed by atoms with Crippen LogP contribution in [-0.2, 0) is 0 Å². The van der Waals surface area contributed by atoms with Crippen LogP contribution in [0.15, 0.2) is 29.3 Å². The minimum Gasteiger partial charge on any atom is -0.393 e. The van der Waals surface area contributed by atoms with Crippen molar-refractivity contribution in [1.82, 2.24) is 14.8 Å². The molecule has 1 fully saturated rings. The third-order valence-electron chi connectivity index (χ3n) is 3.64. The highest BCUT2D eigenvalue weighted by molar-refractivity contribution is 5.46.